The van der Waals surface area contributed by atoms with Crippen molar-refractivity contribution in [1.82, 2.24) is 0 Å². The summed E-state index contributed by atoms with van der Waals surface area (Å²) in [7, 11) is 0. The average Bonchev–Trinajstić information content (AvgIpc) is 2.76. The van der Waals surface area contributed by atoms with Gasteiger partial charge in [-0.1, -0.05) is 68.6 Å². The predicted octanol–water partition coefficient (Wildman–Crippen LogP) is 7.97. The zero-order valence-corrected chi connectivity index (χ0v) is 18.2. The van der Waals surface area contributed by atoms with Crippen LogP contribution in [-0.2, 0) is 0 Å². The first kappa shape index (κ1) is 21.9. The highest BCUT2D eigenvalue weighted by Crippen LogP contribution is 2.45. The van der Waals surface area contributed by atoms with E-state index in [0.717, 1.165) is 36.5 Å². The molecule has 0 radical (unpaired) electrons. The fourth-order valence-corrected chi connectivity index (χ4v) is 3.18. The standard InChI is InChI=1S/C24H27ClN2O3/c1-3-5-15-29-21-14-12-19(25)24(30-16-6-4-2)23(21)27-26-22-18-10-8-7-9-17(18)11-13-20(22)28/h7-14,28H,3-6,15-16H2,1-2H3. The first-order chi connectivity index (χ1) is 14.7. The van der Waals surface area contributed by atoms with E-state index in [1.165, 1.54) is 0 Å². The molecule has 3 aromatic carbocycles. The van der Waals surface area contributed by atoms with Crippen LogP contribution in [0.5, 0.6) is 17.2 Å². The number of nitrogens with zero attached hydrogens (tertiary/aromatic N) is 2. The summed E-state index contributed by atoms with van der Waals surface area (Å²) in [5, 5.41) is 21.4. The molecular formula is C24H27ClN2O3. The summed E-state index contributed by atoms with van der Waals surface area (Å²) in [6.07, 6.45) is 3.85. The van der Waals surface area contributed by atoms with Gasteiger partial charge in [-0.3, -0.25) is 0 Å². The van der Waals surface area contributed by atoms with Crippen LogP contribution in [0.2, 0.25) is 5.02 Å². The molecule has 3 rings (SSSR count). The quantitative estimate of drug-likeness (QED) is 0.264. The van der Waals surface area contributed by atoms with Crippen molar-refractivity contribution in [2.24, 2.45) is 10.2 Å². The first-order valence-corrected chi connectivity index (χ1v) is 10.7. The van der Waals surface area contributed by atoms with E-state index < -0.39 is 0 Å². The van der Waals surface area contributed by atoms with Crippen molar-refractivity contribution in [2.75, 3.05) is 13.2 Å². The molecule has 30 heavy (non-hydrogen) atoms. The lowest BCUT2D eigenvalue weighted by Crippen LogP contribution is -2.00. The van der Waals surface area contributed by atoms with Crippen LogP contribution >= 0.6 is 11.6 Å². The molecule has 1 N–H and O–H groups in total. The molecule has 0 spiro atoms. The highest BCUT2D eigenvalue weighted by Gasteiger charge is 2.16. The molecule has 0 saturated heterocycles. The predicted molar refractivity (Wildman–Crippen MR) is 122 cm³/mol. The summed E-state index contributed by atoms with van der Waals surface area (Å²) < 4.78 is 11.9. The number of phenolic OH excluding ortho intramolecular Hbond substituents is 1. The molecule has 0 saturated carbocycles. The number of azo groups is 1. The Morgan fingerprint density at radius 3 is 2.30 bits per heavy atom. The van der Waals surface area contributed by atoms with Crippen molar-refractivity contribution in [3.8, 4) is 17.2 Å². The second-order valence-electron chi connectivity index (χ2n) is 6.98. The van der Waals surface area contributed by atoms with E-state index in [0.29, 0.717) is 41.1 Å². The fourth-order valence-electron chi connectivity index (χ4n) is 2.97. The van der Waals surface area contributed by atoms with Gasteiger partial charge in [0, 0.05) is 5.39 Å². The number of fused-ring (bicyclic) bond motifs is 1. The van der Waals surface area contributed by atoms with E-state index >= 15 is 0 Å². The van der Waals surface area contributed by atoms with Crippen LogP contribution in [0.1, 0.15) is 39.5 Å². The van der Waals surface area contributed by atoms with Crippen LogP contribution in [0, 0.1) is 0 Å². The third kappa shape index (κ3) is 5.22. The summed E-state index contributed by atoms with van der Waals surface area (Å²) in [4.78, 5) is 0. The van der Waals surface area contributed by atoms with Crippen molar-refractivity contribution in [3.05, 3.63) is 53.6 Å². The van der Waals surface area contributed by atoms with Crippen LogP contribution in [-0.4, -0.2) is 18.3 Å². The summed E-state index contributed by atoms with van der Waals surface area (Å²) in [6.45, 7) is 5.29. The van der Waals surface area contributed by atoms with Gasteiger partial charge in [0.25, 0.3) is 0 Å². The Balaban J connectivity index is 2.04. The smallest absolute Gasteiger partial charge is 0.171 e. The first-order valence-electron chi connectivity index (χ1n) is 10.4. The van der Waals surface area contributed by atoms with Gasteiger partial charge in [-0.15, -0.1) is 10.2 Å². The van der Waals surface area contributed by atoms with Crippen molar-refractivity contribution in [1.29, 1.82) is 0 Å². The van der Waals surface area contributed by atoms with Gasteiger partial charge in [0.1, 0.15) is 11.4 Å². The maximum absolute atomic E-state index is 10.4. The van der Waals surface area contributed by atoms with Gasteiger partial charge in [0.15, 0.2) is 17.2 Å². The largest absolute Gasteiger partial charge is 0.506 e. The summed E-state index contributed by atoms with van der Waals surface area (Å²) >= 11 is 6.42. The Kier molecular flexibility index (Phi) is 7.91. The van der Waals surface area contributed by atoms with Crippen molar-refractivity contribution >= 4 is 33.7 Å². The van der Waals surface area contributed by atoms with Crippen molar-refractivity contribution in [2.45, 2.75) is 39.5 Å². The minimum absolute atomic E-state index is 0.0568. The molecule has 5 nitrogen and oxygen atoms in total. The number of hydrogen-bond donors (Lipinski definition) is 1. The SMILES string of the molecule is CCCCOc1ccc(Cl)c(OCCCC)c1N=Nc1c(O)ccc2ccccc12. The average molecular weight is 427 g/mol. The molecule has 0 aliphatic rings. The van der Waals surface area contributed by atoms with E-state index in [1.54, 1.807) is 18.2 Å². The van der Waals surface area contributed by atoms with Crippen LogP contribution < -0.4 is 9.47 Å². The molecule has 158 valence electrons. The van der Waals surface area contributed by atoms with E-state index in [-0.39, 0.29) is 5.75 Å². The molecule has 0 aliphatic heterocycles. The summed E-state index contributed by atoms with van der Waals surface area (Å²) in [6, 6.07) is 14.7. The number of phenols is 1. The highest BCUT2D eigenvalue weighted by molar-refractivity contribution is 6.32. The maximum Gasteiger partial charge on any atom is 0.171 e. The lowest BCUT2D eigenvalue weighted by Gasteiger charge is -2.14. The molecule has 0 amide bonds. The number of rotatable bonds is 10. The second-order valence-corrected chi connectivity index (χ2v) is 7.39. The number of halogens is 1. The topological polar surface area (TPSA) is 63.4 Å². The maximum atomic E-state index is 10.4. The third-order valence-corrected chi connectivity index (χ3v) is 4.97. The highest BCUT2D eigenvalue weighted by atomic mass is 35.5. The lowest BCUT2D eigenvalue weighted by atomic mass is 10.1. The van der Waals surface area contributed by atoms with E-state index in [4.69, 9.17) is 21.1 Å². The Hall–Kier alpha value is -2.79. The number of aromatic hydroxyl groups is 1. The van der Waals surface area contributed by atoms with E-state index in [2.05, 4.69) is 24.1 Å². The van der Waals surface area contributed by atoms with Gasteiger partial charge in [0.2, 0.25) is 0 Å². The van der Waals surface area contributed by atoms with Gasteiger partial charge >= 0.3 is 0 Å². The lowest BCUT2D eigenvalue weighted by molar-refractivity contribution is 0.296. The number of benzene rings is 3. The van der Waals surface area contributed by atoms with Gasteiger partial charge in [-0.2, -0.15) is 0 Å². The zero-order valence-electron chi connectivity index (χ0n) is 17.4. The molecule has 6 heteroatoms. The molecule has 0 atom stereocenters. The molecule has 0 aliphatic carbocycles. The normalized spacial score (nSPS) is 11.3. The van der Waals surface area contributed by atoms with E-state index in [9.17, 15) is 5.11 Å². The molecule has 0 bridgehead atoms. The molecule has 0 aromatic heterocycles. The summed E-state index contributed by atoms with van der Waals surface area (Å²) in [5.41, 5.74) is 0.828. The van der Waals surface area contributed by atoms with Crippen molar-refractivity contribution in [3.63, 3.8) is 0 Å². The minimum atomic E-state index is 0.0568. The van der Waals surface area contributed by atoms with Crippen LogP contribution in [0.4, 0.5) is 11.4 Å². The van der Waals surface area contributed by atoms with Crippen LogP contribution in [0.3, 0.4) is 0 Å². The van der Waals surface area contributed by atoms with Gasteiger partial charge < -0.3 is 14.6 Å². The zero-order chi connectivity index (χ0) is 21.3. The fraction of sp³-hybridized carbons (Fsp3) is 0.333. The van der Waals surface area contributed by atoms with Gasteiger partial charge in [-0.05, 0) is 36.4 Å². The molecule has 0 heterocycles. The molecule has 0 unspecified atom stereocenters. The number of unbranched alkanes of at least 4 members (excludes halogenated alkanes) is 2. The van der Waals surface area contributed by atoms with Crippen LogP contribution in [0.15, 0.2) is 58.8 Å². The molecule has 0 fully saturated rings. The summed E-state index contributed by atoms with van der Waals surface area (Å²) in [5.74, 6) is 1.06. The number of hydrogen-bond acceptors (Lipinski definition) is 5. The monoisotopic (exact) mass is 426 g/mol. The molecule has 3 aromatic rings. The van der Waals surface area contributed by atoms with E-state index in [1.807, 2.05) is 30.3 Å². The minimum Gasteiger partial charge on any atom is -0.506 e. The Morgan fingerprint density at radius 2 is 1.53 bits per heavy atom. The third-order valence-electron chi connectivity index (χ3n) is 4.68. The van der Waals surface area contributed by atoms with Crippen molar-refractivity contribution < 1.29 is 14.6 Å². The Labute approximate surface area is 182 Å². The molecular weight excluding hydrogens is 400 g/mol. The van der Waals surface area contributed by atoms with Crippen LogP contribution in [0.25, 0.3) is 10.8 Å². The number of ether oxygens (including phenoxy) is 2. The Bertz CT molecular complexity index is 1020. The van der Waals surface area contributed by atoms with Gasteiger partial charge in [-0.25, -0.2) is 0 Å². The van der Waals surface area contributed by atoms with Gasteiger partial charge in [0.05, 0.1) is 18.2 Å². The second kappa shape index (κ2) is 10.8. The Morgan fingerprint density at radius 1 is 0.833 bits per heavy atom.